The Labute approximate surface area is 145 Å². The van der Waals surface area contributed by atoms with Crippen molar-refractivity contribution in [3.8, 4) is 0 Å². The van der Waals surface area contributed by atoms with E-state index in [-0.39, 0.29) is 0 Å². The van der Waals surface area contributed by atoms with E-state index in [0.717, 1.165) is 24.9 Å². The van der Waals surface area contributed by atoms with Crippen LogP contribution in [-0.4, -0.2) is 29.5 Å². The second-order valence-corrected chi connectivity index (χ2v) is 6.99. The van der Waals surface area contributed by atoms with Gasteiger partial charge in [-0.1, -0.05) is 24.6 Å². The number of hydrogen-bond donors (Lipinski definition) is 1. The quantitative estimate of drug-likeness (QED) is 0.621. The Morgan fingerprint density at radius 2 is 2.04 bits per heavy atom. The number of likely N-dealkylation sites (N-methyl/N-ethyl adjacent to an activating group) is 1. The van der Waals surface area contributed by atoms with Gasteiger partial charge in [-0.15, -0.1) is 0 Å². The van der Waals surface area contributed by atoms with Gasteiger partial charge in [0.2, 0.25) is 0 Å². The molecular formula is C21H29N3. The largest absolute Gasteiger partial charge is 0.398 e. The van der Waals surface area contributed by atoms with Crippen LogP contribution in [0.25, 0.3) is 0 Å². The monoisotopic (exact) mass is 323 g/mol. The van der Waals surface area contributed by atoms with E-state index in [4.69, 9.17) is 5.73 Å². The van der Waals surface area contributed by atoms with Crippen LogP contribution in [0.2, 0.25) is 0 Å². The van der Waals surface area contributed by atoms with Gasteiger partial charge in [0.25, 0.3) is 0 Å². The predicted molar refractivity (Wildman–Crippen MR) is 101 cm³/mol. The zero-order chi connectivity index (χ0) is 16.8. The van der Waals surface area contributed by atoms with Crippen molar-refractivity contribution in [3.63, 3.8) is 0 Å². The number of benzene rings is 1. The third kappa shape index (κ3) is 4.35. The van der Waals surface area contributed by atoms with Gasteiger partial charge in [-0.25, -0.2) is 0 Å². The highest BCUT2D eigenvalue weighted by Crippen LogP contribution is 2.28. The molecule has 0 bridgehead atoms. The Kier molecular flexibility index (Phi) is 5.86. The highest BCUT2D eigenvalue weighted by Gasteiger charge is 2.22. The summed E-state index contributed by atoms with van der Waals surface area (Å²) in [7, 11) is 2.28. The molecule has 128 valence electrons. The predicted octanol–water partition coefficient (Wildman–Crippen LogP) is 3.87. The summed E-state index contributed by atoms with van der Waals surface area (Å²) in [5, 5.41) is 0. The van der Waals surface area contributed by atoms with Gasteiger partial charge in [0, 0.05) is 23.6 Å². The molecule has 24 heavy (non-hydrogen) atoms. The summed E-state index contributed by atoms with van der Waals surface area (Å²) in [6.07, 6.45) is 10.3. The van der Waals surface area contributed by atoms with Gasteiger partial charge in [0.05, 0.1) is 0 Å². The van der Waals surface area contributed by atoms with E-state index in [9.17, 15) is 0 Å². The van der Waals surface area contributed by atoms with Crippen molar-refractivity contribution in [3.05, 3.63) is 59.4 Å². The first kappa shape index (κ1) is 17.0. The molecular weight excluding hydrogens is 294 g/mol. The maximum atomic E-state index is 6.11. The summed E-state index contributed by atoms with van der Waals surface area (Å²) in [4.78, 5) is 6.94. The molecule has 0 amide bonds. The van der Waals surface area contributed by atoms with Crippen LogP contribution in [-0.2, 0) is 19.3 Å². The fourth-order valence-corrected chi connectivity index (χ4v) is 3.77. The zero-order valence-corrected chi connectivity index (χ0v) is 14.7. The maximum absolute atomic E-state index is 6.11. The van der Waals surface area contributed by atoms with Crippen LogP contribution in [0.1, 0.15) is 42.5 Å². The number of aromatic nitrogens is 1. The summed E-state index contributed by atoms with van der Waals surface area (Å²) >= 11 is 0. The molecule has 2 N–H and O–H groups in total. The summed E-state index contributed by atoms with van der Waals surface area (Å²) in [6, 6.07) is 13.2. The minimum absolute atomic E-state index is 0.662. The Morgan fingerprint density at radius 1 is 1.12 bits per heavy atom. The molecule has 0 fully saturated rings. The number of nitrogen functional groups attached to an aromatic ring is 1. The Bertz CT molecular complexity index is 639. The lowest BCUT2D eigenvalue weighted by atomic mass is 9.86. The van der Waals surface area contributed by atoms with Crippen molar-refractivity contribution in [2.45, 2.75) is 51.0 Å². The molecule has 1 aliphatic carbocycles. The van der Waals surface area contributed by atoms with Crippen molar-refractivity contribution in [1.82, 2.24) is 9.88 Å². The minimum atomic E-state index is 0.662. The standard InChI is InChI=1S/C21H29N3/c1-24(15-6-2-3-9-18-10-4-5-14-23-18)19-12-13-20-17(16-19)8-7-11-21(20)22/h4-5,7-8,10-11,14,19H,2-3,6,9,12-13,15-16,22H2,1H3. The average Bonchev–Trinajstić information content (AvgIpc) is 2.62. The number of nitrogens with two attached hydrogens (primary N) is 1. The van der Waals surface area contributed by atoms with Gasteiger partial charge in [-0.2, -0.15) is 0 Å². The van der Waals surface area contributed by atoms with Gasteiger partial charge in [-0.05, 0) is 81.4 Å². The molecule has 0 saturated carbocycles. The molecule has 2 aromatic rings. The molecule has 3 nitrogen and oxygen atoms in total. The van der Waals surface area contributed by atoms with Crippen LogP contribution >= 0.6 is 0 Å². The highest BCUT2D eigenvalue weighted by molar-refractivity contribution is 5.52. The van der Waals surface area contributed by atoms with Crippen LogP contribution in [0.5, 0.6) is 0 Å². The zero-order valence-electron chi connectivity index (χ0n) is 14.7. The normalized spacial score (nSPS) is 17.0. The maximum Gasteiger partial charge on any atom is 0.0403 e. The van der Waals surface area contributed by atoms with Crippen LogP contribution in [0, 0.1) is 0 Å². The molecule has 3 rings (SSSR count). The van der Waals surface area contributed by atoms with E-state index in [1.807, 2.05) is 18.3 Å². The molecule has 3 heteroatoms. The Balaban J connectivity index is 1.39. The lowest BCUT2D eigenvalue weighted by molar-refractivity contribution is 0.217. The summed E-state index contributed by atoms with van der Waals surface area (Å²) in [6.45, 7) is 1.19. The van der Waals surface area contributed by atoms with Gasteiger partial charge in [-0.3, -0.25) is 4.98 Å². The third-order valence-corrected chi connectivity index (χ3v) is 5.29. The Hall–Kier alpha value is -1.87. The SMILES string of the molecule is CN(CCCCCc1ccccn1)C1CCc2c(N)cccc2C1. The summed E-state index contributed by atoms with van der Waals surface area (Å²) in [5.41, 5.74) is 11.1. The van der Waals surface area contributed by atoms with Crippen molar-refractivity contribution >= 4 is 5.69 Å². The second-order valence-electron chi connectivity index (χ2n) is 6.99. The molecule has 1 aliphatic rings. The number of hydrogen-bond acceptors (Lipinski definition) is 3. The first-order valence-electron chi connectivity index (χ1n) is 9.20. The number of rotatable bonds is 7. The number of unbranched alkanes of at least 4 members (excludes halogenated alkanes) is 2. The number of pyridine rings is 1. The summed E-state index contributed by atoms with van der Waals surface area (Å²) in [5.74, 6) is 0. The topological polar surface area (TPSA) is 42.2 Å². The van der Waals surface area contributed by atoms with Crippen LogP contribution in [0.4, 0.5) is 5.69 Å². The lowest BCUT2D eigenvalue weighted by Crippen LogP contribution is -2.37. The fraction of sp³-hybridized carbons (Fsp3) is 0.476. The van der Waals surface area contributed by atoms with Crippen molar-refractivity contribution in [1.29, 1.82) is 0 Å². The van der Waals surface area contributed by atoms with Gasteiger partial charge in [0.1, 0.15) is 0 Å². The molecule has 1 atom stereocenters. The van der Waals surface area contributed by atoms with Crippen LogP contribution in [0.3, 0.4) is 0 Å². The van der Waals surface area contributed by atoms with Gasteiger partial charge < -0.3 is 10.6 Å². The lowest BCUT2D eigenvalue weighted by Gasteiger charge is -2.33. The van der Waals surface area contributed by atoms with Gasteiger partial charge >= 0.3 is 0 Å². The molecule has 1 aromatic carbocycles. The van der Waals surface area contributed by atoms with E-state index in [0.29, 0.717) is 6.04 Å². The van der Waals surface area contributed by atoms with Crippen molar-refractivity contribution < 1.29 is 0 Å². The first-order chi connectivity index (χ1) is 11.7. The smallest absolute Gasteiger partial charge is 0.0403 e. The number of fused-ring (bicyclic) bond motifs is 1. The number of anilines is 1. The molecule has 1 aromatic heterocycles. The number of aryl methyl sites for hydroxylation is 1. The molecule has 1 heterocycles. The second kappa shape index (κ2) is 8.29. The Morgan fingerprint density at radius 3 is 2.88 bits per heavy atom. The first-order valence-corrected chi connectivity index (χ1v) is 9.20. The fourth-order valence-electron chi connectivity index (χ4n) is 3.77. The highest BCUT2D eigenvalue weighted by atomic mass is 15.1. The van der Waals surface area contributed by atoms with E-state index in [1.54, 1.807) is 0 Å². The third-order valence-electron chi connectivity index (χ3n) is 5.29. The molecule has 1 unspecified atom stereocenters. The van der Waals surface area contributed by atoms with Crippen molar-refractivity contribution in [2.24, 2.45) is 0 Å². The van der Waals surface area contributed by atoms with E-state index in [2.05, 4.69) is 41.2 Å². The van der Waals surface area contributed by atoms with Crippen molar-refractivity contribution in [2.75, 3.05) is 19.3 Å². The molecule has 0 spiro atoms. The van der Waals surface area contributed by atoms with Crippen LogP contribution in [0.15, 0.2) is 42.6 Å². The van der Waals surface area contributed by atoms with Gasteiger partial charge in [0.15, 0.2) is 0 Å². The average molecular weight is 323 g/mol. The van der Waals surface area contributed by atoms with E-state index < -0.39 is 0 Å². The number of nitrogens with zero attached hydrogens (tertiary/aromatic N) is 2. The van der Waals surface area contributed by atoms with E-state index in [1.165, 1.54) is 49.0 Å². The minimum Gasteiger partial charge on any atom is -0.398 e. The van der Waals surface area contributed by atoms with E-state index >= 15 is 0 Å². The molecule has 0 aliphatic heterocycles. The van der Waals surface area contributed by atoms with Crippen LogP contribution < -0.4 is 5.73 Å². The molecule has 0 radical (unpaired) electrons. The molecule has 0 saturated heterocycles. The summed E-state index contributed by atoms with van der Waals surface area (Å²) < 4.78 is 0.